The minimum Gasteiger partial charge on any atom is -0.325 e. The molecule has 1 heterocycles. The Balaban J connectivity index is 1.77. The molecule has 0 spiro atoms. The summed E-state index contributed by atoms with van der Waals surface area (Å²) >= 11 is 1.35. The van der Waals surface area contributed by atoms with Gasteiger partial charge in [0.25, 0.3) is 0 Å². The number of benzene rings is 2. The molecule has 7 heteroatoms. The van der Waals surface area contributed by atoms with Gasteiger partial charge in [0.05, 0.1) is 10.9 Å². The summed E-state index contributed by atoms with van der Waals surface area (Å²) in [5, 5.41) is 15.4. The van der Waals surface area contributed by atoms with Gasteiger partial charge >= 0.3 is 0 Å². The zero-order valence-electron chi connectivity index (χ0n) is 17.5. The van der Waals surface area contributed by atoms with Crippen LogP contribution in [0.15, 0.2) is 47.6 Å². The Kier molecular flexibility index (Phi) is 6.69. The number of tetrazole rings is 1. The third-order valence-electron chi connectivity index (χ3n) is 5.26. The second kappa shape index (κ2) is 9.22. The molecule has 3 aromatic rings. The Morgan fingerprint density at radius 1 is 1.14 bits per heavy atom. The number of anilines is 1. The maximum atomic E-state index is 12.9. The monoisotopic (exact) mass is 409 g/mol. The van der Waals surface area contributed by atoms with E-state index in [1.807, 2.05) is 44.2 Å². The largest absolute Gasteiger partial charge is 0.325 e. The van der Waals surface area contributed by atoms with Crippen molar-refractivity contribution in [3.8, 4) is 5.69 Å². The molecule has 0 radical (unpaired) electrons. The molecular formula is C22H27N5OS. The van der Waals surface area contributed by atoms with E-state index in [0.29, 0.717) is 11.1 Å². The van der Waals surface area contributed by atoms with Gasteiger partial charge in [-0.15, -0.1) is 5.10 Å². The van der Waals surface area contributed by atoms with Crippen LogP contribution in [0.2, 0.25) is 0 Å². The third-order valence-corrected chi connectivity index (χ3v) is 6.29. The zero-order valence-corrected chi connectivity index (χ0v) is 18.3. The lowest BCUT2D eigenvalue weighted by Crippen LogP contribution is -2.23. The number of nitrogens with one attached hydrogen (secondary N) is 1. The summed E-state index contributed by atoms with van der Waals surface area (Å²) in [4.78, 5) is 12.9. The second-order valence-electron chi connectivity index (χ2n) is 7.24. The van der Waals surface area contributed by atoms with Crippen LogP contribution in [0, 0.1) is 13.8 Å². The van der Waals surface area contributed by atoms with Gasteiger partial charge in [-0.25, -0.2) is 0 Å². The van der Waals surface area contributed by atoms with E-state index in [2.05, 4.69) is 53.7 Å². The van der Waals surface area contributed by atoms with E-state index >= 15 is 0 Å². The van der Waals surface area contributed by atoms with E-state index in [-0.39, 0.29) is 11.2 Å². The summed E-state index contributed by atoms with van der Waals surface area (Å²) in [6.07, 6.45) is 1.02. The molecule has 0 fully saturated rings. The summed E-state index contributed by atoms with van der Waals surface area (Å²) in [5.74, 6) is 0.312. The normalized spacial score (nSPS) is 13.1. The summed E-state index contributed by atoms with van der Waals surface area (Å²) in [5.41, 5.74) is 5.23. The number of amides is 1. The summed E-state index contributed by atoms with van der Waals surface area (Å²) in [6.45, 7) is 10.3. The minimum absolute atomic E-state index is 0.0683. The van der Waals surface area contributed by atoms with Crippen molar-refractivity contribution in [2.24, 2.45) is 0 Å². The molecule has 29 heavy (non-hydrogen) atoms. The molecule has 0 unspecified atom stereocenters. The van der Waals surface area contributed by atoms with Gasteiger partial charge in [-0.2, -0.15) is 4.68 Å². The zero-order chi connectivity index (χ0) is 21.0. The van der Waals surface area contributed by atoms with E-state index < -0.39 is 0 Å². The Labute approximate surface area is 176 Å². The number of aryl methyl sites for hydroxylation is 1. The van der Waals surface area contributed by atoms with Crippen LogP contribution in [0.25, 0.3) is 5.69 Å². The number of hydrogen-bond donors (Lipinski definition) is 1. The number of para-hydroxylation sites is 1. The maximum absolute atomic E-state index is 12.9. The predicted octanol–water partition coefficient (Wildman–Crippen LogP) is 4.91. The molecule has 1 amide bonds. The fraction of sp³-hybridized carbons (Fsp3) is 0.364. The van der Waals surface area contributed by atoms with Gasteiger partial charge in [0, 0.05) is 5.69 Å². The van der Waals surface area contributed by atoms with E-state index in [1.165, 1.54) is 17.3 Å². The van der Waals surface area contributed by atoms with Crippen molar-refractivity contribution >= 4 is 23.4 Å². The number of aromatic nitrogens is 4. The van der Waals surface area contributed by atoms with Crippen molar-refractivity contribution < 1.29 is 4.79 Å². The first-order valence-corrected chi connectivity index (χ1v) is 10.7. The first-order valence-electron chi connectivity index (χ1n) is 9.83. The van der Waals surface area contributed by atoms with Crippen molar-refractivity contribution in [3.05, 3.63) is 59.2 Å². The summed E-state index contributed by atoms with van der Waals surface area (Å²) in [6, 6.07) is 14.0. The van der Waals surface area contributed by atoms with Crippen LogP contribution in [0.1, 0.15) is 49.8 Å². The van der Waals surface area contributed by atoms with Gasteiger partial charge in [0.15, 0.2) is 0 Å². The van der Waals surface area contributed by atoms with E-state index in [1.54, 1.807) is 4.68 Å². The highest BCUT2D eigenvalue weighted by Gasteiger charge is 2.21. The Bertz CT molecular complexity index is 1000. The van der Waals surface area contributed by atoms with Crippen molar-refractivity contribution in [1.82, 2.24) is 20.2 Å². The molecule has 0 aliphatic rings. The number of carbonyl (C=O) groups excluding carboxylic acids is 1. The maximum Gasteiger partial charge on any atom is 0.237 e. The van der Waals surface area contributed by atoms with Gasteiger partial charge < -0.3 is 5.32 Å². The average molecular weight is 410 g/mol. The molecule has 0 saturated carbocycles. The summed E-state index contributed by atoms with van der Waals surface area (Å²) in [7, 11) is 0. The first-order chi connectivity index (χ1) is 13.9. The molecule has 6 nitrogen and oxygen atoms in total. The highest BCUT2D eigenvalue weighted by Crippen LogP contribution is 2.29. The number of thioether (sulfide) groups is 1. The molecule has 152 valence electrons. The van der Waals surface area contributed by atoms with Gasteiger partial charge in [-0.1, -0.05) is 55.9 Å². The van der Waals surface area contributed by atoms with Gasteiger partial charge in [0.2, 0.25) is 11.1 Å². The highest BCUT2D eigenvalue weighted by atomic mass is 32.2. The van der Waals surface area contributed by atoms with Crippen molar-refractivity contribution in [2.45, 2.75) is 57.4 Å². The minimum atomic E-state index is -0.352. The molecule has 3 rings (SSSR count). The Morgan fingerprint density at radius 3 is 2.66 bits per heavy atom. The van der Waals surface area contributed by atoms with Crippen molar-refractivity contribution in [1.29, 1.82) is 0 Å². The van der Waals surface area contributed by atoms with Crippen LogP contribution in [0.4, 0.5) is 5.69 Å². The predicted molar refractivity (Wildman–Crippen MR) is 118 cm³/mol. The van der Waals surface area contributed by atoms with Crippen LogP contribution in [-0.4, -0.2) is 31.4 Å². The van der Waals surface area contributed by atoms with Gasteiger partial charge in [0.1, 0.15) is 0 Å². The standard InChI is InChI=1S/C22H27N5OS/c1-6-14(2)18-11-7-8-12-19(18)23-21(28)17(5)29-22-24-25-26-27(22)20-13-9-10-15(3)16(20)4/h7-14,17H,6H2,1-5H3,(H,23,28)/t14-,17+/m0/s1. The highest BCUT2D eigenvalue weighted by molar-refractivity contribution is 8.00. The molecule has 1 N–H and O–H groups in total. The Morgan fingerprint density at radius 2 is 1.90 bits per heavy atom. The third kappa shape index (κ3) is 4.67. The molecule has 2 aromatic carbocycles. The van der Waals surface area contributed by atoms with E-state index in [9.17, 15) is 4.79 Å². The molecule has 0 aliphatic heterocycles. The van der Waals surface area contributed by atoms with Crippen molar-refractivity contribution in [2.75, 3.05) is 5.32 Å². The number of rotatable bonds is 7. The fourth-order valence-electron chi connectivity index (χ4n) is 3.08. The quantitative estimate of drug-likeness (QED) is 0.561. The first kappa shape index (κ1) is 21.0. The van der Waals surface area contributed by atoms with E-state index in [4.69, 9.17) is 0 Å². The van der Waals surface area contributed by atoms with Crippen LogP contribution < -0.4 is 5.32 Å². The van der Waals surface area contributed by atoms with Crippen LogP contribution >= 0.6 is 11.8 Å². The van der Waals surface area contributed by atoms with Crippen molar-refractivity contribution in [3.63, 3.8) is 0 Å². The topological polar surface area (TPSA) is 72.7 Å². The fourth-order valence-corrected chi connectivity index (χ4v) is 3.88. The smallest absolute Gasteiger partial charge is 0.237 e. The number of carbonyl (C=O) groups is 1. The van der Waals surface area contributed by atoms with Gasteiger partial charge in [-0.3, -0.25) is 4.79 Å². The molecule has 2 atom stereocenters. The molecule has 0 saturated heterocycles. The molecule has 1 aromatic heterocycles. The van der Waals surface area contributed by atoms with Gasteiger partial charge in [-0.05, 0) is 72.4 Å². The Hall–Kier alpha value is -2.67. The van der Waals surface area contributed by atoms with E-state index in [0.717, 1.165) is 28.9 Å². The lowest BCUT2D eigenvalue weighted by Gasteiger charge is -2.17. The van der Waals surface area contributed by atoms with Crippen LogP contribution in [0.5, 0.6) is 0 Å². The number of hydrogen-bond acceptors (Lipinski definition) is 5. The molecule has 0 bridgehead atoms. The lowest BCUT2D eigenvalue weighted by molar-refractivity contribution is -0.115. The lowest BCUT2D eigenvalue weighted by atomic mass is 9.97. The second-order valence-corrected chi connectivity index (χ2v) is 8.55. The SMILES string of the molecule is CC[C@H](C)c1ccccc1NC(=O)[C@@H](C)Sc1nnnn1-c1cccc(C)c1C. The molecular weight excluding hydrogens is 382 g/mol. The average Bonchev–Trinajstić information content (AvgIpc) is 3.17. The summed E-state index contributed by atoms with van der Waals surface area (Å²) < 4.78 is 1.70. The van der Waals surface area contributed by atoms with Crippen LogP contribution in [0.3, 0.4) is 0 Å². The number of nitrogens with zero attached hydrogens (tertiary/aromatic N) is 4. The molecule has 0 aliphatic carbocycles. The van der Waals surface area contributed by atoms with Crippen LogP contribution in [-0.2, 0) is 4.79 Å².